The van der Waals surface area contributed by atoms with Crippen LogP contribution in [0.1, 0.15) is 6.42 Å². The van der Waals surface area contributed by atoms with E-state index in [2.05, 4.69) is 10.6 Å². The molecule has 2 rings (SSSR count). The first-order valence-corrected chi connectivity index (χ1v) is 8.33. The van der Waals surface area contributed by atoms with Crippen LogP contribution < -0.4 is 10.6 Å². The maximum absolute atomic E-state index is 13.4. The van der Waals surface area contributed by atoms with Gasteiger partial charge in [0, 0.05) is 32.6 Å². The van der Waals surface area contributed by atoms with E-state index in [0.29, 0.717) is 26.2 Å². The third-order valence-corrected chi connectivity index (χ3v) is 5.08. The first-order chi connectivity index (χ1) is 9.99. The van der Waals surface area contributed by atoms with E-state index in [-0.39, 0.29) is 17.9 Å². The SMILES string of the molecule is O=C(CCS(=O)(=O)N1CCNCC1)Nc1ccccc1F. The van der Waals surface area contributed by atoms with Crippen molar-refractivity contribution < 1.29 is 17.6 Å². The monoisotopic (exact) mass is 315 g/mol. The van der Waals surface area contributed by atoms with Crippen LogP contribution in [0.2, 0.25) is 0 Å². The standard InChI is InChI=1S/C13H18FN3O3S/c14-11-3-1-2-4-12(11)16-13(18)5-10-21(19,20)17-8-6-15-7-9-17/h1-4,15H,5-10H2,(H,16,18). The Labute approximate surface area is 123 Å². The highest BCUT2D eigenvalue weighted by Crippen LogP contribution is 2.13. The molecule has 0 aliphatic carbocycles. The number of benzene rings is 1. The molecule has 2 N–H and O–H groups in total. The van der Waals surface area contributed by atoms with Gasteiger partial charge in [-0.2, -0.15) is 4.31 Å². The summed E-state index contributed by atoms with van der Waals surface area (Å²) < 4.78 is 38.8. The minimum Gasteiger partial charge on any atom is -0.324 e. The van der Waals surface area contributed by atoms with Crippen molar-refractivity contribution in [3.63, 3.8) is 0 Å². The summed E-state index contributed by atoms with van der Waals surface area (Å²) in [5.41, 5.74) is 0.0575. The molecule has 0 radical (unpaired) electrons. The predicted molar refractivity (Wildman–Crippen MR) is 77.9 cm³/mol. The third-order valence-electron chi connectivity index (χ3n) is 3.20. The quantitative estimate of drug-likeness (QED) is 0.824. The van der Waals surface area contributed by atoms with Crippen molar-refractivity contribution in [1.29, 1.82) is 0 Å². The largest absolute Gasteiger partial charge is 0.324 e. The summed E-state index contributed by atoms with van der Waals surface area (Å²) in [6.07, 6.45) is -0.194. The van der Waals surface area contributed by atoms with Crippen molar-refractivity contribution in [2.75, 3.05) is 37.2 Å². The number of para-hydroxylation sites is 1. The van der Waals surface area contributed by atoms with Crippen LogP contribution in [-0.2, 0) is 14.8 Å². The van der Waals surface area contributed by atoms with Gasteiger partial charge in [-0.3, -0.25) is 4.79 Å². The normalized spacial score (nSPS) is 16.6. The number of nitrogens with one attached hydrogen (secondary N) is 2. The van der Waals surface area contributed by atoms with Crippen LogP contribution in [0, 0.1) is 5.82 Å². The van der Waals surface area contributed by atoms with Crippen LogP contribution in [0.25, 0.3) is 0 Å². The summed E-state index contributed by atoms with van der Waals surface area (Å²) in [6, 6.07) is 5.77. The van der Waals surface area contributed by atoms with Gasteiger partial charge in [-0.1, -0.05) is 12.1 Å². The van der Waals surface area contributed by atoms with Gasteiger partial charge >= 0.3 is 0 Å². The Morgan fingerprint density at radius 1 is 1.29 bits per heavy atom. The fourth-order valence-electron chi connectivity index (χ4n) is 2.05. The second kappa shape index (κ2) is 6.97. The number of hydrogen-bond donors (Lipinski definition) is 2. The smallest absolute Gasteiger partial charge is 0.225 e. The van der Waals surface area contributed by atoms with E-state index in [1.807, 2.05) is 0 Å². The lowest BCUT2D eigenvalue weighted by molar-refractivity contribution is -0.115. The summed E-state index contributed by atoms with van der Waals surface area (Å²) in [5, 5.41) is 5.44. The molecule has 1 saturated heterocycles. The van der Waals surface area contributed by atoms with E-state index in [4.69, 9.17) is 0 Å². The average molecular weight is 315 g/mol. The number of anilines is 1. The van der Waals surface area contributed by atoms with Crippen LogP contribution in [0.5, 0.6) is 0 Å². The molecule has 1 aliphatic rings. The Balaban J connectivity index is 1.87. The van der Waals surface area contributed by atoms with Crippen molar-refractivity contribution in [3.05, 3.63) is 30.1 Å². The lowest BCUT2D eigenvalue weighted by Crippen LogP contribution is -2.47. The minimum atomic E-state index is -3.44. The number of piperazine rings is 1. The fourth-order valence-corrected chi connectivity index (χ4v) is 3.49. The van der Waals surface area contributed by atoms with E-state index in [0.717, 1.165) is 0 Å². The molecule has 1 aromatic carbocycles. The van der Waals surface area contributed by atoms with Crippen molar-refractivity contribution >= 4 is 21.6 Å². The molecule has 1 fully saturated rings. The molecule has 21 heavy (non-hydrogen) atoms. The number of amides is 1. The van der Waals surface area contributed by atoms with Gasteiger partial charge in [0.2, 0.25) is 15.9 Å². The van der Waals surface area contributed by atoms with Crippen molar-refractivity contribution in [2.24, 2.45) is 0 Å². The topological polar surface area (TPSA) is 78.5 Å². The third kappa shape index (κ3) is 4.48. The lowest BCUT2D eigenvalue weighted by Gasteiger charge is -2.26. The zero-order valence-electron chi connectivity index (χ0n) is 11.5. The molecule has 0 unspecified atom stereocenters. The Bertz CT molecular complexity index is 600. The molecule has 0 saturated carbocycles. The van der Waals surface area contributed by atoms with Gasteiger partial charge in [-0.05, 0) is 12.1 Å². The van der Waals surface area contributed by atoms with Crippen molar-refractivity contribution in [2.45, 2.75) is 6.42 Å². The second-order valence-electron chi connectivity index (χ2n) is 4.74. The minimum absolute atomic E-state index is 0.0575. The average Bonchev–Trinajstić information content (AvgIpc) is 2.49. The molecule has 0 atom stereocenters. The Hall–Kier alpha value is -1.51. The van der Waals surface area contributed by atoms with Gasteiger partial charge in [0.1, 0.15) is 5.82 Å². The first kappa shape index (κ1) is 15.9. The summed E-state index contributed by atoms with van der Waals surface area (Å²) in [6.45, 7) is 2.05. The summed E-state index contributed by atoms with van der Waals surface area (Å²) in [5.74, 6) is -1.33. The molecule has 0 aromatic heterocycles. The number of rotatable bonds is 5. The van der Waals surface area contributed by atoms with E-state index in [1.165, 1.54) is 22.5 Å². The van der Waals surface area contributed by atoms with Crippen molar-refractivity contribution in [1.82, 2.24) is 9.62 Å². The number of nitrogens with zero attached hydrogens (tertiary/aromatic N) is 1. The maximum atomic E-state index is 13.4. The van der Waals surface area contributed by atoms with Crippen LogP contribution in [0.3, 0.4) is 0 Å². The summed E-state index contributed by atoms with van der Waals surface area (Å²) >= 11 is 0. The molecule has 1 aliphatic heterocycles. The molecule has 0 spiro atoms. The fraction of sp³-hybridized carbons (Fsp3) is 0.462. The highest BCUT2D eigenvalue weighted by molar-refractivity contribution is 7.89. The highest BCUT2D eigenvalue weighted by atomic mass is 32.2. The van der Waals surface area contributed by atoms with Gasteiger partial charge in [-0.25, -0.2) is 12.8 Å². The summed E-state index contributed by atoms with van der Waals surface area (Å²) in [7, 11) is -3.44. The number of sulfonamides is 1. The summed E-state index contributed by atoms with van der Waals surface area (Å²) in [4.78, 5) is 11.7. The van der Waals surface area contributed by atoms with E-state index in [1.54, 1.807) is 6.07 Å². The number of carbonyl (C=O) groups is 1. The van der Waals surface area contributed by atoms with Crippen molar-refractivity contribution in [3.8, 4) is 0 Å². The molecule has 1 aromatic rings. The molecule has 1 amide bonds. The Morgan fingerprint density at radius 3 is 2.62 bits per heavy atom. The van der Waals surface area contributed by atoms with Gasteiger partial charge < -0.3 is 10.6 Å². The number of halogens is 1. The van der Waals surface area contributed by atoms with Gasteiger partial charge in [0.05, 0.1) is 11.4 Å². The van der Waals surface area contributed by atoms with E-state index in [9.17, 15) is 17.6 Å². The van der Waals surface area contributed by atoms with Crippen LogP contribution in [-0.4, -0.2) is 50.6 Å². The van der Waals surface area contributed by atoms with Crippen LogP contribution in [0.4, 0.5) is 10.1 Å². The maximum Gasteiger partial charge on any atom is 0.225 e. The molecule has 116 valence electrons. The van der Waals surface area contributed by atoms with Crippen LogP contribution in [0.15, 0.2) is 24.3 Å². The van der Waals surface area contributed by atoms with E-state index >= 15 is 0 Å². The zero-order chi connectivity index (χ0) is 15.3. The van der Waals surface area contributed by atoms with Crippen LogP contribution >= 0.6 is 0 Å². The Morgan fingerprint density at radius 2 is 1.95 bits per heavy atom. The molecular formula is C13H18FN3O3S. The predicted octanol–water partition coefficient (Wildman–Crippen LogP) is 0.389. The second-order valence-corrected chi connectivity index (χ2v) is 6.83. The van der Waals surface area contributed by atoms with E-state index < -0.39 is 21.7 Å². The lowest BCUT2D eigenvalue weighted by atomic mass is 10.3. The zero-order valence-corrected chi connectivity index (χ0v) is 12.3. The molecule has 6 nitrogen and oxygen atoms in total. The first-order valence-electron chi connectivity index (χ1n) is 6.72. The molecular weight excluding hydrogens is 297 g/mol. The molecule has 8 heteroatoms. The molecule has 1 heterocycles. The Kier molecular flexibility index (Phi) is 5.27. The van der Waals surface area contributed by atoms with Gasteiger partial charge in [0.25, 0.3) is 0 Å². The number of hydrogen-bond acceptors (Lipinski definition) is 4. The highest BCUT2D eigenvalue weighted by Gasteiger charge is 2.24. The van der Waals surface area contributed by atoms with Gasteiger partial charge in [-0.15, -0.1) is 0 Å². The number of carbonyl (C=O) groups excluding carboxylic acids is 1. The van der Waals surface area contributed by atoms with Gasteiger partial charge in [0.15, 0.2) is 0 Å². The molecule has 0 bridgehead atoms.